The average Bonchev–Trinajstić information content (AvgIpc) is 2.77. The third kappa shape index (κ3) is 3.96. The van der Waals surface area contributed by atoms with Crippen LogP contribution >= 0.6 is 22.9 Å². The van der Waals surface area contributed by atoms with E-state index in [2.05, 4.69) is 10.2 Å². The Hall–Kier alpha value is -0.620. The van der Waals surface area contributed by atoms with Gasteiger partial charge in [0.05, 0.1) is 23.1 Å². The number of hydrogen-bond acceptors (Lipinski definition) is 4. The van der Waals surface area contributed by atoms with Crippen molar-refractivity contribution in [2.45, 2.75) is 0 Å². The van der Waals surface area contributed by atoms with E-state index in [9.17, 15) is 4.79 Å². The number of morpholine rings is 1. The number of carbonyl (C=O) groups is 1. The Labute approximate surface area is 110 Å². The van der Waals surface area contributed by atoms with Crippen molar-refractivity contribution in [3.8, 4) is 0 Å². The number of amides is 1. The van der Waals surface area contributed by atoms with Gasteiger partial charge < -0.3 is 10.1 Å². The number of carbonyl (C=O) groups excluding carboxylic acids is 1. The van der Waals surface area contributed by atoms with Crippen LogP contribution < -0.4 is 5.32 Å². The molecular weight excluding hydrogens is 260 g/mol. The number of ether oxygens (including phenoxy) is 1. The molecule has 4 nitrogen and oxygen atoms in total. The quantitative estimate of drug-likeness (QED) is 0.904. The zero-order valence-corrected chi connectivity index (χ0v) is 11.0. The number of thiophene rings is 1. The highest BCUT2D eigenvalue weighted by Crippen LogP contribution is 2.18. The normalized spacial score (nSPS) is 17.0. The van der Waals surface area contributed by atoms with E-state index in [-0.39, 0.29) is 5.91 Å². The number of halogens is 1. The first-order chi connectivity index (χ1) is 8.25. The van der Waals surface area contributed by atoms with Gasteiger partial charge in [0.15, 0.2) is 0 Å². The highest BCUT2D eigenvalue weighted by molar-refractivity contribution is 7.12. The number of rotatable bonds is 4. The largest absolute Gasteiger partial charge is 0.379 e. The van der Waals surface area contributed by atoms with Gasteiger partial charge in [0.2, 0.25) is 0 Å². The summed E-state index contributed by atoms with van der Waals surface area (Å²) in [6.45, 7) is 4.99. The molecule has 94 valence electrons. The highest BCUT2D eigenvalue weighted by atomic mass is 35.5. The van der Waals surface area contributed by atoms with Crippen molar-refractivity contribution < 1.29 is 9.53 Å². The molecular formula is C11H15ClN2O2S. The van der Waals surface area contributed by atoms with E-state index in [0.717, 1.165) is 32.8 Å². The van der Waals surface area contributed by atoms with Crippen LogP contribution in [-0.2, 0) is 4.74 Å². The van der Waals surface area contributed by atoms with Crippen LogP contribution in [0.25, 0.3) is 0 Å². The molecule has 1 aliphatic heterocycles. The second-order valence-corrected chi connectivity index (χ2v) is 5.19. The van der Waals surface area contributed by atoms with Crippen molar-refractivity contribution in [1.29, 1.82) is 0 Å². The van der Waals surface area contributed by atoms with Crippen molar-refractivity contribution in [2.75, 3.05) is 39.4 Å². The van der Waals surface area contributed by atoms with E-state index < -0.39 is 0 Å². The van der Waals surface area contributed by atoms with Crippen LogP contribution in [0.1, 0.15) is 9.67 Å². The number of hydrogen-bond donors (Lipinski definition) is 1. The lowest BCUT2D eigenvalue weighted by Crippen LogP contribution is -2.41. The minimum absolute atomic E-state index is 0.0461. The minimum atomic E-state index is -0.0461. The summed E-state index contributed by atoms with van der Waals surface area (Å²) in [6, 6.07) is 1.69. The predicted molar refractivity (Wildman–Crippen MR) is 68.9 cm³/mol. The SMILES string of the molecule is O=C(NCCN1CCOCC1)c1cc(Cl)cs1. The lowest BCUT2D eigenvalue weighted by molar-refractivity contribution is 0.0383. The first-order valence-corrected chi connectivity index (χ1v) is 6.84. The van der Waals surface area contributed by atoms with Crippen molar-refractivity contribution >= 4 is 28.8 Å². The Kier molecular flexibility index (Phi) is 4.79. The minimum Gasteiger partial charge on any atom is -0.379 e. The maximum absolute atomic E-state index is 11.7. The summed E-state index contributed by atoms with van der Waals surface area (Å²) in [7, 11) is 0. The molecule has 0 aliphatic carbocycles. The van der Waals surface area contributed by atoms with Gasteiger partial charge in [0, 0.05) is 31.6 Å². The zero-order chi connectivity index (χ0) is 12.1. The monoisotopic (exact) mass is 274 g/mol. The molecule has 2 rings (SSSR count). The maximum atomic E-state index is 11.7. The molecule has 2 heterocycles. The van der Waals surface area contributed by atoms with Gasteiger partial charge in [-0.15, -0.1) is 11.3 Å². The lowest BCUT2D eigenvalue weighted by atomic mass is 10.4. The highest BCUT2D eigenvalue weighted by Gasteiger charge is 2.11. The third-order valence-electron chi connectivity index (χ3n) is 2.61. The summed E-state index contributed by atoms with van der Waals surface area (Å²) in [5.74, 6) is -0.0461. The Morgan fingerprint density at radius 2 is 2.29 bits per heavy atom. The van der Waals surface area contributed by atoms with E-state index in [1.54, 1.807) is 11.4 Å². The van der Waals surface area contributed by atoms with E-state index in [1.807, 2.05) is 0 Å². The molecule has 0 radical (unpaired) electrons. The van der Waals surface area contributed by atoms with E-state index in [1.165, 1.54) is 11.3 Å². The van der Waals surface area contributed by atoms with Crippen LogP contribution in [0.15, 0.2) is 11.4 Å². The molecule has 1 aromatic heterocycles. The van der Waals surface area contributed by atoms with Gasteiger partial charge >= 0.3 is 0 Å². The van der Waals surface area contributed by atoms with E-state index in [0.29, 0.717) is 16.4 Å². The fraction of sp³-hybridized carbons (Fsp3) is 0.545. The Morgan fingerprint density at radius 1 is 1.53 bits per heavy atom. The number of nitrogens with zero attached hydrogens (tertiary/aromatic N) is 1. The van der Waals surface area contributed by atoms with Crippen LogP contribution in [0.4, 0.5) is 0 Å². The molecule has 1 N–H and O–H groups in total. The molecule has 1 fully saturated rings. The molecule has 1 aromatic rings. The third-order valence-corrected chi connectivity index (χ3v) is 3.89. The summed E-state index contributed by atoms with van der Waals surface area (Å²) in [5.41, 5.74) is 0. The van der Waals surface area contributed by atoms with Crippen molar-refractivity contribution in [1.82, 2.24) is 10.2 Å². The topological polar surface area (TPSA) is 41.6 Å². The Bertz CT molecular complexity index is 377. The molecule has 1 saturated heterocycles. The molecule has 6 heteroatoms. The second kappa shape index (κ2) is 6.35. The zero-order valence-electron chi connectivity index (χ0n) is 9.45. The van der Waals surface area contributed by atoms with E-state index >= 15 is 0 Å². The molecule has 0 bridgehead atoms. The van der Waals surface area contributed by atoms with Gasteiger partial charge in [0.25, 0.3) is 5.91 Å². The second-order valence-electron chi connectivity index (χ2n) is 3.84. The molecule has 0 atom stereocenters. The Morgan fingerprint density at radius 3 is 2.94 bits per heavy atom. The van der Waals surface area contributed by atoms with Crippen LogP contribution in [0.5, 0.6) is 0 Å². The summed E-state index contributed by atoms with van der Waals surface area (Å²) in [5, 5.41) is 5.27. The van der Waals surface area contributed by atoms with E-state index in [4.69, 9.17) is 16.3 Å². The summed E-state index contributed by atoms with van der Waals surface area (Å²) < 4.78 is 5.26. The molecule has 0 saturated carbocycles. The molecule has 1 aliphatic rings. The lowest BCUT2D eigenvalue weighted by Gasteiger charge is -2.26. The summed E-state index contributed by atoms with van der Waals surface area (Å²) in [6.07, 6.45) is 0. The fourth-order valence-electron chi connectivity index (χ4n) is 1.67. The molecule has 0 spiro atoms. The molecule has 1 amide bonds. The predicted octanol–water partition coefficient (Wildman–Crippen LogP) is 1.46. The van der Waals surface area contributed by atoms with Gasteiger partial charge in [-0.05, 0) is 6.07 Å². The average molecular weight is 275 g/mol. The van der Waals surface area contributed by atoms with Crippen molar-refractivity contribution in [3.63, 3.8) is 0 Å². The van der Waals surface area contributed by atoms with Crippen LogP contribution in [0, 0.1) is 0 Å². The van der Waals surface area contributed by atoms with Crippen molar-refractivity contribution in [2.24, 2.45) is 0 Å². The standard InChI is InChI=1S/C11H15ClN2O2S/c12-9-7-10(17-8-9)11(15)13-1-2-14-3-5-16-6-4-14/h7-8H,1-6H2,(H,13,15). The van der Waals surface area contributed by atoms with Crippen LogP contribution in [0.3, 0.4) is 0 Å². The fourth-order valence-corrected chi connectivity index (χ4v) is 2.66. The molecule has 17 heavy (non-hydrogen) atoms. The number of nitrogens with one attached hydrogen (secondary N) is 1. The van der Waals surface area contributed by atoms with Gasteiger partial charge in [-0.25, -0.2) is 0 Å². The maximum Gasteiger partial charge on any atom is 0.261 e. The first kappa shape index (κ1) is 12.8. The summed E-state index contributed by atoms with van der Waals surface area (Å²) in [4.78, 5) is 14.6. The van der Waals surface area contributed by atoms with Crippen molar-refractivity contribution in [3.05, 3.63) is 21.3 Å². The molecule has 0 aromatic carbocycles. The van der Waals surface area contributed by atoms with Gasteiger partial charge in [0.1, 0.15) is 0 Å². The van der Waals surface area contributed by atoms with Gasteiger partial charge in [-0.3, -0.25) is 9.69 Å². The van der Waals surface area contributed by atoms with Gasteiger partial charge in [-0.2, -0.15) is 0 Å². The molecule has 0 unspecified atom stereocenters. The smallest absolute Gasteiger partial charge is 0.261 e. The van der Waals surface area contributed by atoms with Crippen LogP contribution in [0.2, 0.25) is 5.02 Å². The first-order valence-electron chi connectivity index (χ1n) is 5.58. The van der Waals surface area contributed by atoms with Gasteiger partial charge in [-0.1, -0.05) is 11.6 Å². The van der Waals surface area contributed by atoms with Crippen LogP contribution in [-0.4, -0.2) is 50.2 Å². The summed E-state index contributed by atoms with van der Waals surface area (Å²) >= 11 is 7.13. The Balaban J connectivity index is 1.69.